The summed E-state index contributed by atoms with van der Waals surface area (Å²) in [6, 6.07) is 9.95. The van der Waals surface area contributed by atoms with Gasteiger partial charge in [-0.15, -0.1) is 0 Å². The Labute approximate surface area is 147 Å². The molecule has 0 spiro atoms. The van der Waals surface area contributed by atoms with Gasteiger partial charge in [-0.05, 0) is 42.8 Å². The lowest BCUT2D eigenvalue weighted by Gasteiger charge is -2.22. The van der Waals surface area contributed by atoms with Gasteiger partial charge in [-0.3, -0.25) is 14.1 Å². The number of hydrogen-bond donors (Lipinski definition) is 1. The molecule has 8 heteroatoms. The van der Waals surface area contributed by atoms with Crippen LogP contribution in [0.25, 0.3) is 0 Å². The number of amides is 1. The first-order chi connectivity index (χ1) is 11.9. The second-order valence-electron chi connectivity index (χ2n) is 5.40. The molecule has 1 amide bonds. The van der Waals surface area contributed by atoms with E-state index in [1.54, 1.807) is 42.6 Å². The fraction of sp³-hybridized carbons (Fsp3) is 0.294. The summed E-state index contributed by atoms with van der Waals surface area (Å²) >= 11 is 0. The smallest absolute Gasteiger partial charge is 0.245 e. The number of ether oxygens (including phenoxy) is 1. The summed E-state index contributed by atoms with van der Waals surface area (Å²) in [7, 11) is -3.62. The van der Waals surface area contributed by atoms with Crippen LogP contribution in [-0.4, -0.2) is 38.7 Å². The molecule has 0 aliphatic heterocycles. The summed E-state index contributed by atoms with van der Waals surface area (Å²) in [4.78, 5) is 16.1. The van der Waals surface area contributed by atoms with Crippen molar-refractivity contribution < 1.29 is 17.9 Å². The topological polar surface area (TPSA) is 88.6 Å². The minimum absolute atomic E-state index is 0.330. The van der Waals surface area contributed by atoms with Crippen LogP contribution in [-0.2, 0) is 14.8 Å². The van der Waals surface area contributed by atoms with Crippen LogP contribution in [0.2, 0.25) is 0 Å². The predicted octanol–water partition coefficient (Wildman–Crippen LogP) is 2.28. The second-order valence-corrected chi connectivity index (χ2v) is 7.31. The van der Waals surface area contributed by atoms with Crippen LogP contribution < -0.4 is 14.4 Å². The number of benzene rings is 1. The van der Waals surface area contributed by atoms with E-state index in [4.69, 9.17) is 4.74 Å². The summed E-state index contributed by atoms with van der Waals surface area (Å²) < 4.78 is 30.7. The third-order valence-electron chi connectivity index (χ3n) is 3.23. The molecule has 0 aliphatic carbocycles. The lowest BCUT2D eigenvalue weighted by molar-refractivity contribution is -0.114. The Kier molecular flexibility index (Phi) is 6.35. The molecule has 0 aliphatic rings. The predicted molar refractivity (Wildman–Crippen MR) is 97.3 cm³/mol. The molecule has 0 saturated carbocycles. The van der Waals surface area contributed by atoms with Crippen molar-refractivity contribution in [3.05, 3.63) is 48.8 Å². The minimum atomic E-state index is -3.62. The average Bonchev–Trinajstić information content (AvgIpc) is 2.58. The highest BCUT2D eigenvalue weighted by molar-refractivity contribution is 7.92. The molecule has 1 aromatic heterocycles. The van der Waals surface area contributed by atoms with E-state index < -0.39 is 15.9 Å². The fourth-order valence-corrected chi connectivity index (χ4v) is 2.95. The molecule has 0 unspecified atom stereocenters. The molecule has 25 heavy (non-hydrogen) atoms. The van der Waals surface area contributed by atoms with Gasteiger partial charge in [0.05, 0.1) is 30.4 Å². The number of carbonyl (C=O) groups is 1. The van der Waals surface area contributed by atoms with Crippen LogP contribution in [0.15, 0.2) is 48.8 Å². The van der Waals surface area contributed by atoms with Crippen LogP contribution in [0, 0.1) is 0 Å². The van der Waals surface area contributed by atoms with Gasteiger partial charge in [-0.2, -0.15) is 0 Å². The zero-order valence-corrected chi connectivity index (χ0v) is 15.0. The third kappa shape index (κ3) is 5.75. The van der Waals surface area contributed by atoms with Crippen LogP contribution in [0.3, 0.4) is 0 Å². The van der Waals surface area contributed by atoms with Crippen molar-refractivity contribution >= 4 is 27.3 Å². The fourth-order valence-electron chi connectivity index (χ4n) is 2.10. The normalized spacial score (nSPS) is 11.0. The lowest BCUT2D eigenvalue weighted by atomic mass is 10.3. The molecule has 0 bridgehead atoms. The van der Waals surface area contributed by atoms with Crippen LogP contribution in [0.1, 0.15) is 13.3 Å². The van der Waals surface area contributed by atoms with Crippen LogP contribution in [0.4, 0.5) is 11.4 Å². The Balaban J connectivity index is 2.12. The van der Waals surface area contributed by atoms with E-state index in [1.165, 1.54) is 6.20 Å². The van der Waals surface area contributed by atoms with Gasteiger partial charge in [-0.25, -0.2) is 8.42 Å². The number of pyridine rings is 1. The van der Waals surface area contributed by atoms with Crippen molar-refractivity contribution in [2.75, 3.05) is 29.0 Å². The number of nitrogens with one attached hydrogen (secondary N) is 1. The molecular formula is C17H21N3O4S. The summed E-state index contributed by atoms with van der Waals surface area (Å²) in [5.74, 6) is 0.198. The standard InChI is InChI=1S/C17H21N3O4S/c1-3-11-24-16-8-6-15(7-9-16)20(25(2,22)23)13-17(21)19-14-5-4-10-18-12-14/h4-10,12H,3,11,13H2,1-2H3,(H,19,21). The van der Waals surface area contributed by atoms with Crippen molar-refractivity contribution in [1.82, 2.24) is 4.98 Å². The first kappa shape index (κ1) is 18.7. The summed E-state index contributed by atoms with van der Waals surface area (Å²) in [6.07, 6.45) is 5.01. The van der Waals surface area contributed by atoms with Crippen molar-refractivity contribution in [3.8, 4) is 5.75 Å². The molecular weight excluding hydrogens is 342 g/mol. The Morgan fingerprint density at radius 1 is 1.24 bits per heavy atom. The summed E-state index contributed by atoms with van der Waals surface area (Å²) in [5.41, 5.74) is 0.900. The van der Waals surface area contributed by atoms with Crippen molar-refractivity contribution in [2.45, 2.75) is 13.3 Å². The van der Waals surface area contributed by atoms with Gasteiger partial charge in [0.1, 0.15) is 12.3 Å². The lowest BCUT2D eigenvalue weighted by Crippen LogP contribution is -2.37. The quantitative estimate of drug-likeness (QED) is 0.777. The third-order valence-corrected chi connectivity index (χ3v) is 4.37. The molecule has 0 saturated heterocycles. The number of carbonyl (C=O) groups excluding carboxylic acids is 1. The van der Waals surface area contributed by atoms with E-state index in [1.807, 2.05) is 6.92 Å². The molecule has 0 atom stereocenters. The van der Waals surface area contributed by atoms with Gasteiger partial charge in [0.15, 0.2) is 0 Å². The van der Waals surface area contributed by atoms with Gasteiger partial charge in [0.2, 0.25) is 15.9 Å². The van der Waals surface area contributed by atoms with E-state index in [0.717, 1.165) is 17.0 Å². The highest BCUT2D eigenvalue weighted by Crippen LogP contribution is 2.21. The molecule has 0 fully saturated rings. The number of aromatic nitrogens is 1. The van der Waals surface area contributed by atoms with E-state index in [2.05, 4.69) is 10.3 Å². The van der Waals surface area contributed by atoms with E-state index in [9.17, 15) is 13.2 Å². The highest BCUT2D eigenvalue weighted by atomic mass is 32.2. The van der Waals surface area contributed by atoms with Crippen molar-refractivity contribution in [2.24, 2.45) is 0 Å². The monoisotopic (exact) mass is 363 g/mol. The number of sulfonamides is 1. The Hall–Kier alpha value is -2.61. The number of rotatable bonds is 8. The second kappa shape index (κ2) is 8.48. The molecule has 7 nitrogen and oxygen atoms in total. The van der Waals surface area contributed by atoms with Gasteiger partial charge >= 0.3 is 0 Å². The highest BCUT2D eigenvalue weighted by Gasteiger charge is 2.21. The maximum Gasteiger partial charge on any atom is 0.245 e. The summed E-state index contributed by atoms with van der Waals surface area (Å²) in [6.45, 7) is 2.26. The largest absolute Gasteiger partial charge is 0.494 e. The van der Waals surface area contributed by atoms with Crippen LogP contribution in [0.5, 0.6) is 5.75 Å². The maximum atomic E-state index is 12.2. The number of anilines is 2. The summed E-state index contributed by atoms with van der Waals surface area (Å²) in [5, 5.41) is 2.62. The molecule has 134 valence electrons. The molecule has 2 rings (SSSR count). The van der Waals surface area contributed by atoms with E-state index in [-0.39, 0.29) is 6.54 Å². The van der Waals surface area contributed by atoms with E-state index in [0.29, 0.717) is 23.7 Å². The number of hydrogen-bond acceptors (Lipinski definition) is 5. The number of nitrogens with zero attached hydrogens (tertiary/aromatic N) is 2. The Morgan fingerprint density at radius 2 is 1.96 bits per heavy atom. The van der Waals surface area contributed by atoms with Crippen LogP contribution >= 0.6 is 0 Å². The Bertz CT molecular complexity index is 792. The van der Waals surface area contributed by atoms with Gasteiger partial charge in [-0.1, -0.05) is 6.92 Å². The Morgan fingerprint density at radius 3 is 2.52 bits per heavy atom. The first-order valence-corrected chi connectivity index (χ1v) is 9.65. The van der Waals surface area contributed by atoms with Gasteiger partial charge in [0.25, 0.3) is 0 Å². The van der Waals surface area contributed by atoms with E-state index >= 15 is 0 Å². The molecule has 0 radical (unpaired) electrons. The zero-order chi connectivity index (χ0) is 18.3. The zero-order valence-electron chi connectivity index (χ0n) is 14.2. The minimum Gasteiger partial charge on any atom is -0.494 e. The van der Waals surface area contributed by atoms with Gasteiger partial charge in [0, 0.05) is 6.20 Å². The maximum absolute atomic E-state index is 12.2. The van der Waals surface area contributed by atoms with Crippen molar-refractivity contribution in [1.29, 1.82) is 0 Å². The molecule has 1 heterocycles. The molecule has 1 aromatic carbocycles. The first-order valence-electron chi connectivity index (χ1n) is 7.80. The van der Waals surface area contributed by atoms with Crippen molar-refractivity contribution in [3.63, 3.8) is 0 Å². The average molecular weight is 363 g/mol. The molecule has 1 N–H and O–H groups in total. The van der Waals surface area contributed by atoms with Gasteiger partial charge < -0.3 is 10.1 Å². The SMILES string of the molecule is CCCOc1ccc(N(CC(=O)Nc2cccnc2)S(C)(=O)=O)cc1. The molecule has 2 aromatic rings.